The highest BCUT2D eigenvalue weighted by Crippen LogP contribution is 2.43. The molecule has 1 aliphatic heterocycles. The first-order valence-corrected chi connectivity index (χ1v) is 9.44. The fourth-order valence-electron chi connectivity index (χ4n) is 5.55. The van der Waals surface area contributed by atoms with Gasteiger partial charge in [0.15, 0.2) is 0 Å². The van der Waals surface area contributed by atoms with Crippen molar-refractivity contribution in [1.29, 1.82) is 0 Å². The third-order valence-electron chi connectivity index (χ3n) is 6.85. The Morgan fingerprint density at radius 3 is 2.43 bits per heavy atom. The Hall–Kier alpha value is -0.340. The van der Waals surface area contributed by atoms with E-state index in [0.717, 1.165) is 29.7 Å². The zero-order chi connectivity index (χ0) is 14.2. The van der Waals surface area contributed by atoms with Crippen LogP contribution in [0.2, 0.25) is 0 Å². The summed E-state index contributed by atoms with van der Waals surface area (Å²) in [5.74, 6) is 3.76. The van der Waals surface area contributed by atoms with Crippen molar-refractivity contribution in [3.8, 4) is 0 Å². The standard InChI is InChI=1S/C19H32N2/c1-15-4-2-3-5-19(15)21-10-8-20(9-11-21)14-18-13-16-6-7-17(18)12-16/h6-7,15-19H,2-5,8-14H2,1H3/t15-,16+,17+,18-,19-/m1/s1. The maximum absolute atomic E-state index is 2.82. The molecule has 0 aromatic carbocycles. The van der Waals surface area contributed by atoms with E-state index in [4.69, 9.17) is 0 Å². The van der Waals surface area contributed by atoms with Crippen LogP contribution in [-0.4, -0.2) is 48.6 Å². The Bertz CT molecular complexity index is 383. The molecule has 1 heterocycles. The topological polar surface area (TPSA) is 6.48 Å². The molecule has 0 unspecified atom stereocenters. The van der Waals surface area contributed by atoms with Gasteiger partial charge in [-0.3, -0.25) is 4.90 Å². The van der Waals surface area contributed by atoms with Gasteiger partial charge in [0.2, 0.25) is 0 Å². The van der Waals surface area contributed by atoms with E-state index >= 15 is 0 Å². The first kappa shape index (κ1) is 14.3. The second-order valence-electron chi connectivity index (χ2n) is 8.21. The third kappa shape index (κ3) is 2.94. The molecule has 5 atom stereocenters. The number of hydrogen-bond acceptors (Lipinski definition) is 2. The van der Waals surface area contributed by atoms with E-state index < -0.39 is 0 Å². The van der Waals surface area contributed by atoms with E-state index in [0.29, 0.717) is 0 Å². The van der Waals surface area contributed by atoms with Crippen LogP contribution in [0.4, 0.5) is 0 Å². The maximum Gasteiger partial charge on any atom is 0.0122 e. The van der Waals surface area contributed by atoms with E-state index in [9.17, 15) is 0 Å². The van der Waals surface area contributed by atoms with Crippen LogP contribution < -0.4 is 0 Å². The van der Waals surface area contributed by atoms with Crippen molar-refractivity contribution in [2.24, 2.45) is 23.7 Å². The normalized spacial score (nSPS) is 44.5. The molecule has 2 bridgehead atoms. The predicted molar refractivity (Wildman–Crippen MR) is 88.3 cm³/mol. The van der Waals surface area contributed by atoms with Gasteiger partial charge in [-0.05, 0) is 49.4 Å². The van der Waals surface area contributed by atoms with Crippen LogP contribution >= 0.6 is 0 Å². The number of nitrogens with zero attached hydrogens (tertiary/aromatic N) is 2. The molecule has 3 aliphatic carbocycles. The van der Waals surface area contributed by atoms with Gasteiger partial charge in [-0.1, -0.05) is 31.9 Å². The summed E-state index contributed by atoms with van der Waals surface area (Å²) < 4.78 is 0. The van der Waals surface area contributed by atoms with Gasteiger partial charge in [0.25, 0.3) is 0 Å². The molecule has 118 valence electrons. The van der Waals surface area contributed by atoms with E-state index in [2.05, 4.69) is 28.9 Å². The molecular formula is C19H32N2. The van der Waals surface area contributed by atoms with Crippen LogP contribution in [0.15, 0.2) is 12.2 Å². The second-order valence-corrected chi connectivity index (χ2v) is 8.21. The Morgan fingerprint density at radius 2 is 1.76 bits per heavy atom. The van der Waals surface area contributed by atoms with Crippen LogP contribution in [-0.2, 0) is 0 Å². The van der Waals surface area contributed by atoms with Crippen molar-refractivity contribution in [2.45, 2.75) is 51.5 Å². The number of fused-ring (bicyclic) bond motifs is 2. The Balaban J connectivity index is 1.26. The van der Waals surface area contributed by atoms with Crippen LogP contribution in [0, 0.1) is 23.7 Å². The summed E-state index contributed by atoms with van der Waals surface area (Å²) in [4.78, 5) is 5.59. The maximum atomic E-state index is 2.82. The van der Waals surface area contributed by atoms with Crippen molar-refractivity contribution < 1.29 is 0 Å². The van der Waals surface area contributed by atoms with E-state index in [-0.39, 0.29) is 0 Å². The summed E-state index contributed by atoms with van der Waals surface area (Å²) in [5.41, 5.74) is 0. The van der Waals surface area contributed by atoms with Gasteiger partial charge in [-0.25, -0.2) is 0 Å². The molecular weight excluding hydrogens is 256 g/mol. The van der Waals surface area contributed by atoms with Gasteiger partial charge >= 0.3 is 0 Å². The molecule has 2 nitrogen and oxygen atoms in total. The molecule has 4 aliphatic rings. The number of hydrogen-bond donors (Lipinski definition) is 0. The van der Waals surface area contributed by atoms with E-state index in [1.807, 2.05) is 0 Å². The summed E-state index contributed by atoms with van der Waals surface area (Å²) in [5, 5.41) is 0. The lowest BCUT2D eigenvalue weighted by Gasteiger charge is -2.44. The minimum absolute atomic E-state index is 0.895. The summed E-state index contributed by atoms with van der Waals surface area (Å²) in [6.45, 7) is 9.15. The van der Waals surface area contributed by atoms with Gasteiger partial charge < -0.3 is 4.90 Å². The Morgan fingerprint density at radius 1 is 0.952 bits per heavy atom. The highest BCUT2D eigenvalue weighted by molar-refractivity contribution is 5.10. The lowest BCUT2D eigenvalue weighted by molar-refractivity contribution is 0.0471. The van der Waals surface area contributed by atoms with Gasteiger partial charge in [-0.2, -0.15) is 0 Å². The fourth-order valence-corrected chi connectivity index (χ4v) is 5.55. The van der Waals surface area contributed by atoms with Gasteiger partial charge in [0, 0.05) is 38.8 Å². The highest BCUT2D eigenvalue weighted by atomic mass is 15.3. The summed E-state index contributed by atoms with van der Waals surface area (Å²) >= 11 is 0. The average molecular weight is 288 g/mol. The molecule has 0 radical (unpaired) electrons. The molecule has 1 saturated heterocycles. The van der Waals surface area contributed by atoms with Crippen molar-refractivity contribution in [2.75, 3.05) is 32.7 Å². The second kappa shape index (κ2) is 6.04. The van der Waals surface area contributed by atoms with E-state index in [1.54, 1.807) is 0 Å². The quantitative estimate of drug-likeness (QED) is 0.735. The monoisotopic (exact) mass is 288 g/mol. The van der Waals surface area contributed by atoms with Crippen LogP contribution in [0.1, 0.15) is 45.4 Å². The zero-order valence-electron chi connectivity index (χ0n) is 13.7. The molecule has 21 heavy (non-hydrogen) atoms. The summed E-state index contributed by atoms with van der Waals surface area (Å²) in [6.07, 6.45) is 13.8. The average Bonchev–Trinajstić information content (AvgIpc) is 3.11. The largest absolute Gasteiger partial charge is 0.300 e. The van der Waals surface area contributed by atoms with Crippen molar-refractivity contribution in [3.05, 3.63) is 12.2 Å². The number of rotatable bonds is 3. The molecule has 0 amide bonds. The zero-order valence-corrected chi connectivity index (χ0v) is 13.7. The molecule has 0 aromatic heterocycles. The van der Waals surface area contributed by atoms with Crippen LogP contribution in [0.5, 0.6) is 0 Å². The number of piperazine rings is 1. The Kier molecular flexibility index (Phi) is 4.10. The molecule has 0 aromatic rings. The first-order chi connectivity index (χ1) is 10.3. The molecule has 0 spiro atoms. The van der Waals surface area contributed by atoms with E-state index in [1.165, 1.54) is 71.2 Å². The molecule has 0 N–H and O–H groups in total. The highest BCUT2D eigenvalue weighted by Gasteiger charge is 2.37. The molecule has 2 heteroatoms. The SMILES string of the molecule is C[C@@H]1CCCC[C@H]1N1CCN(C[C@H]2C[C@H]3C=C[C@H]2C3)CC1. The molecule has 2 saturated carbocycles. The first-order valence-electron chi connectivity index (χ1n) is 9.44. The molecule has 3 fully saturated rings. The van der Waals surface area contributed by atoms with Crippen molar-refractivity contribution in [1.82, 2.24) is 9.80 Å². The number of allylic oxidation sites excluding steroid dienone is 2. The lowest BCUT2D eigenvalue weighted by Crippen LogP contribution is -2.53. The van der Waals surface area contributed by atoms with Gasteiger partial charge in [0.05, 0.1) is 0 Å². The van der Waals surface area contributed by atoms with Crippen molar-refractivity contribution >= 4 is 0 Å². The lowest BCUT2D eigenvalue weighted by atomic mass is 9.84. The molecule has 4 rings (SSSR count). The fraction of sp³-hybridized carbons (Fsp3) is 0.895. The van der Waals surface area contributed by atoms with Crippen molar-refractivity contribution in [3.63, 3.8) is 0 Å². The minimum Gasteiger partial charge on any atom is -0.300 e. The third-order valence-corrected chi connectivity index (χ3v) is 6.85. The van der Waals surface area contributed by atoms with Gasteiger partial charge in [0.1, 0.15) is 0 Å². The minimum atomic E-state index is 0.895. The van der Waals surface area contributed by atoms with Crippen LogP contribution in [0.3, 0.4) is 0 Å². The summed E-state index contributed by atoms with van der Waals surface area (Å²) in [7, 11) is 0. The Labute approximate surface area is 130 Å². The summed E-state index contributed by atoms with van der Waals surface area (Å²) in [6, 6.07) is 0.895. The van der Waals surface area contributed by atoms with Gasteiger partial charge in [-0.15, -0.1) is 0 Å². The smallest absolute Gasteiger partial charge is 0.0122 e. The van der Waals surface area contributed by atoms with Crippen LogP contribution in [0.25, 0.3) is 0 Å². The predicted octanol–water partition coefficient (Wildman–Crippen LogP) is 3.39.